The predicted octanol–water partition coefficient (Wildman–Crippen LogP) is 5.31. The Morgan fingerprint density at radius 3 is 2.19 bits per heavy atom. The molecule has 2 aromatic carbocycles. The second-order valence-corrected chi connectivity index (χ2v) is 7.98. The first-order chi connectivity index (χ1) is 9.88. The molecule has 0 fully saturated rings. The Balaban J connectivity index is 2.26. The minimum Gasteiger partial charge on any atom is -0.448 e. The highest BCUT2D eigenvalue weighted by atomic mass is 79.9. The van der Waals surface area contributed by atoms with Crippen LogP contribution in [0.3, 0.4) is 0 Å². The van der Waals surface area contributed by atoms with Crippen LogP contribution in [-0.4, -0.2) is 9.46 Å². The van der Waals surface area contributed by atoms with E-state index in [1.54, 1.807) is 42.5 Å². The lowest BCUT2D eigenvalue weighted by Gasteiger charge is -2.24. The van der Waals surface area contributed by atoms with Crippen molar-refractivity contribution in [2.75, 3.05) is 0 Å². The van der Waals surface area contributed by atoms with E-state index in [4.69, 9.17) is 4.74 Å². The molecule has 21 heavy (non-hydrogen) atoms. The maximum atomic E-state index is 14.3. The smallest absolute Gasteiger partial charge is 0.338 e. The van der Waals surface area contributed by atoms with Crippen molar-refractivity contribution >= 4 is 37.8 Å². The molecule has 110 valence electrons. The molecule has 2 nitrogen and oxygen atoms in total. The lowest BCUT2D eigenvalue weighted by Crippen LogP contribution is -2.23. The second kappa shape index (κ2) is 6.71. The van der Waals surface area contributed by atoms with Gasteiger partial charge in [0.15, 0.2) is 6.10 Å². The van der Waals surface area contributed by atoms with Gasteiger partial charge in [-0.05, 0) is 56.5 Å². The fraction of sp³-hybridized carbons (Fsp3) is 0.188. The summed E-state index contributed by atoms with van der Waals surface area (Å²) in [7, 11) is 0. The number of benzene rings is 2. The van der Waals surface area contributed by atoms with Gasteiger partial charge in [-0.25, -0.2) is 9.18 Å². The number of alkyl halides is 3. The van der Waals surface area contributed by atoms with Crippen LogP contribution in [0.2, 0.25) is 0 Å². The molecule has 0 saturated carbocycles. The Morgan fingerprint density at radius 2 is 1.67 bits per heavy atom. The van der Waals surface area contributed by atoms with Crippen LogP contribution in [0.1, 0.15) is 27.6 Å². The van der Waals surface area contributed by atoms with Gasteiger partial charge in [-0.3, -0.25) is 0 Å². The Kier molecular flexibility index (Phi) is 5.17. The van der Waals surface area contributed by atoms with Gasteiger partial charge in [0.1, 0.15) is 0 Å². The number of hydrogen-bond acceptors (Lipinski definition) is 2. The Labute approximate surface area is 139 Å². The maximum Gasteiger partial charge on any atom is 0.338 e. The third kappa shape index (κ3) is 4.38. The molecule has 0 aromatic heterocycles. The van der Waals surface area contributed by atoms with Crippen LogP contribution in [0.5, 0.6) is 0 Å². The van der Waals surface area contributed by atoms with E-state index in [0.29, 0.717) is 11.1 Å². The monoisotopic (exact) mass is 414 g/mol. The van der Waals surface area contributed by atoms with Crippen molar-refractivity contribution in [1.82, 2.24) is 0 Å². The zero-order valence-corrected chi connectivity index (χ0v) is 14.4. The molecular weight excluding hydrogens is 403 g/mol. The van der Waals surface area contributed by atoms with Crippen molar-refractivity contribution in [1.29, 1.82) is 0 Å². The van der Waals surface area contributed by atoms with E-state index in [9.17, 15) is 9.18 Å². The Bertz CT molecular complexity index is 606. The van der Waals surface area contributed by atoms with Crippen molar-refractivity contribution in [2.45, 2.75) is 16.5 Å². The van der Waals surface area contributed by atoms with E-state index in [1.165, 1.54) is 0 Å². The quantitative estimate of drug-likeness (QED) is 0.499. The fourth-order valence-electron chi connectivity index (χ4n) is 1.81. The molecule has 0 aliphatic rings. The van der Waals surface area contributed by atoms with Gasteiger partial charge >= 0.3 is 5.97 Å². The van der Waals surface area contributed by atoms with Gasteiger partial charge in [-0.15, -0.1) is 0 Å². The van der Waals surface area contributed by atoms with Crippen LogP contribution >= 0.6 is 31.9 Å². The van der Waals surface area contributed by atoms with Crippen LogP contribution in [-0.2, 0) is 4.74 Å². The molecule has 0 amide bonds. The van der Waals surface area contributed by atoms with Gasteiger partial charge in [0.05, 0.1) is 5.56 Å². The summed E-state index contributed by atoms with van der Waals surface area (Å²) in [6.07, 6.45) is -1.11. The highest BCUT2D eigenvalue weighted by Gasteiger charge is 2.38. The summed E-state index contributed by atoms with van der Waals surface area (Å²) in [5.74, 6) is -0.581. The maximum absolute atomic E-state index is 14.3. The predicted molar refractivity (Wildman–Crippen MR) is 87.5 cm³/mol. The van der Waals surface area contributed by atoms with E-state index < -0.39 is 15.6 Å². The third-order valence-electron chi connectivity index (χ3n) is 2.91. The molecule has 2 aromatic rings. The summed E-state index contributed by atoms with van der Waals surface area (Å²) in [4.78, 5) is 12.1. The van der Waals surface area contributed by atoms with E-state index in [0.717, 1.165) is 5.56 Å². The molecule has 0 bridgehead atoms. The molecule has 0 spiro atoms. The normalized spacial score (nSPS) is 12.8. The van der Waals surface area contributed by atoms with E-state index in [2.05, 4.69) is 31.9 Å². The largest absolute Gasteiger partial charge is 0.448 e. The van der Waals surface area contributed by atoms with Crippen LogP contribution < -0.4 is 0 Å². The molecule has 1 unspecified atom stereocenters. The molecule has 0 heterocycles. The van der Waals surface area contributed by atoms with Gasteiger partial charge in [0.25, 0.3) is 3.49 Å². The molecule has 1 atom stereocenters. The van der Waals surface area contributed by atoms with Gasteiger partial charge in [-0.1, -0.05) is 48.0 Å². The first-order valence-electron chi connectivity index (χ1n) is 6.27. The SMILES string of the molecule is Cc1ccc(C(OC(=O)c2ccccc2)C(F)(Br)Br)cc1. The number of hydrogen-bond donors (Lipinski definition) is 0. The highest BCUT2D eigenvalue weighted by Crippen LogP contribution is 2.43. The molecule has 0 aliphatic heterocycles. The lowest BCUT2D eigenvalue weighted by atomic mass is 10.1. The average molecular weight is 416 g/mol. The van der Waals surface area contributed by atoms with Crippen molar-refractivity contribution in [3.63, 3.8) is 0 Å². The van der Waals surface area contributed by atoms with Gasteiger partial charge in [0, 0.05) is 0 Å². The van der Waals surface area contributed by atoms with Crippen LogP contribution in [0.15, 0.2) is 54.6 Å². The van der Waals surface area contributed by atoms with Gasteiger partial charge in [-0.2, -0.15) is 0 Å². The van der Waals surface area contributed by atoms with E-state index >= 15 is 0 Å². The van der Waals surface area contributed by atoms with Crippen molar-refractivity contribution in [3.05, 3.63) is 71.3 Å². The van der Waals surface area contributed by atoms with Crippen LogP contribution in [0, 0.1) is 6.92 Å². The third-order valence-corrected chi connectivity index (χ3v) is 3.74. The number of carbonyl (C=O) groups excluding carboxylic acids is 1. The number of halogens is 3. The van der Waals surface area contributed by atoms with Gasteiger partial charge in [0.2, 0.25) is 0 Å². The Morgan fingerprint density at radius 1 is 1.10 bits per heavy atom. The first-order valence-corrected chi connectivity index (χ1v) is 7.86. The molecule has 0 aliphatic carbocycles. The second-order valence-electron chi connectivity index (χ2n) is 4.60. The number of aryl methyl sites for hydroxylation is 1. The zero-order chi connectivity index (χ0) is 15.5. The number of carbonyl (C=O) groups is 1. The molecule has 0 radical (unpaired) electrons. The molecule has 2 rings (SSSR count). The molecule has 5 heteroatoms. The molecule has 0 saturated heterocycles. The lowest BCUT2D eigenvalue weighted by molar-refractivity contribution is 0.0162. The zero-order valence-electron chi connectivity index (χ0n) is 11.2. The number of esters is 1. The minimum absolute atomic E-state index is 0.374. The minimum atomic E-state index is -2.04. The summed E-state index contributed by atoms with van der Waals surface area (Å²) >= 11 is 5.75. The summed E-state index contributed by atoms with van der Waals surface area (Å²) in [5, 5.41) is 0. The fourth-order valence-corrected chi connectivity index (χ4v) is 2.53. The van der Waals surface area contributed by atoms with Gasteiger partial charge < -0.3 is 4.74 Å². The Hall–Kier alpha value is -1.20. The topological polar surface area (TPSA) is 26.3 Å². The number of rotatable bonds is 4. The summed E-state index contributed by atoms with van der Waals surface area (Å²) in [5.41, 5.74) is 1.97. The molecule has 0 N–H and O–H groups in total. The summed E-state index contributed by atoms with van der Waals surface area (Å²) in [6, 6.07) is 15.6. The van der Waals surface area contributed by atoms with Crippen molar-refractivity contribution < 1.29 is 13.9 Å². The van der Waals surface area contributed by atoms with Crippen molar-refractivity contribution in [2.24, 2.45) is 0 Å². The summed E-state index contributed by atoms with van der Waals surface area (Å²) in [6.45, 7) is 1.93. The van der Waals surface area contributed by atoms with E-state index in [-0.39, 0.29) is 0 Å². The van der Waals surface area contributed by atoms with Crippen LogP contribution in [0.25, 0.3) is 0 Å². The van der Waals surface area contributed by atoms with E-state index in [1.807, 2.05) is 19.1 Å². The summed E-state index contributed by atoms with van der Waals surface area (Å²) < 4.78 is 17.5. The first kappa shape index (κ1) is 16.2. The number of ether oxygens (including phenoxy) is 1. The standard InChI is InChI=1S/C16H13Br2FO2/c1-11-7-9-12(10-8-11)14(16(17,18)19)21-15(20)13-5-3-2-4-6-13/h2-10,14H,1H3. The highest BCUT2D eigenvalue weighted by molar-refractivity contribution is 9.25. The van der Waals surface area contributed by atoms with Crippen LogP contribution in [0.4, 0.5) is 4.39 Å². The molecular formula is C16H13Br2FO2. The average Bonchev–Trinajstić information content (AvgIpc) is 2.45. The van der Waals surface area contributed by atoms with Crippen molar-refractivity contribution in [3.8, 4) is 0 Å².